The zero-order chi connectivity index (χ0) is 14.5. The Hall–Kier alpha value is -2.13. The van der Waals surface area contributed by atoms with E-state index in [-0.39, 0.29) is 5.91 Å². The van der Waals surface area contributed by atoms with Gasteiger partial charge in [0, 0.05) is 18.5 Å². The van der Waals surface area contributed by atoms with Crippen LogP contribution in [0.3, 0.4) is 0 Å². The standard InChI is InChI=1S/C16H15ClN2O/c1-3-9-19(10-4-2)16(20)15-11-13(17)12-7-5-6-8-14(12)18-15/h3-8,11H,1-2,9-10H2. The molecule has 3 nitrogen and oxygen atoms in total. The Bertz CT molecular complexity index is 657. The second-order valence-electron chi connectivity index (χ2n) is 4.29. The van der Waals surface area contributed by atoms with E-state index in [1.165, 1.54) is 0 Å². The average Bonchev–Trinajstić information content (AvgIpc) is 2.46. The number of rotatable bonds is 5. The lowest BCUT2D eigenvalue weighted by molar-refractivity contribution is 0.0785. The van der Waals surface area contributed by atoms with Gasteiger partial charge in [0.05, 0.1) is 10.5 Å². The second kappa shape index (κ2) is 6.35. The zero-order valence-corrected chi connectivity index (χ0v) is 11.8. The Morgan fingerprint density at radius 1 is 1.25 bits per heavy atom. The van der Waals surface area contributed by atoms with Gasteiger partial charge >= 0.3 is 0 Å². The van der Waals surface area contributed by atoms with Gasteiger partial charge in [-0.05, 0) is 12.1 Å². The summed E-state index contributed by atoms with van der Waals surface area (Å²) in [6, 6.07) is 9.07. The second-order valence-corrected chi connectivity index (χ2v) is 4.70. The molecule has 0 spiro atoms. The molecule has 1 aromatic carbocycles. The first kappa shape index (κ1) is 14.3. The van der Waals surface area contributed by atoms with Crippen molar-refractivity contribution in [2.45, 2.75) is 0 Å². The molecule has 20 heavy (non-hydrogen) atoms. The highest BCUT2D eigenvalue weighted by atomic mass is 35.5. The van der Waals surface area contributed by atoms with Crippen molar-refractivity contribution in [2.75, 3.05) is 13.1 Å². The summed E-state index contributed by atoms with van der Waals surface area (Å²) in [5.74, 6) is -0.183. The van der Waals surface area contributed by atoms with E-state index < -0.39 is 0 Å². The first-order valence-electron chi connectivity index (χ1n) is 6.23. The van der Waals surface area contributed by atoms with Crippen molar-refractivity contribution in [3.63, 3.8) is 0 Å². The molecule has 2 rings (SSSR count). The fraction of sp³-hybridized carbons (Fsp3) is 0.125. The Kier molecular flexibility index (Phi) is 4.53. The molecule has 0 radical (unpaired) electrons. The number of hydrogen-bond acceptors (Lipinski definition) is 2. The third kappa shape index (κ3) is 2.89. The van der Waals surface area contributed by atoms with Gasteiger partial charge in [-0.3, -0.25) is 4.79 Å². The summed E-state index contributed by atoms with van der Waals surface area (Å²) in [4.78, 5) is 18.4. The number of amides is 1. The Morgan fingerprint density at radius 3 is 2.55 bits per heavy atom. The lowest BCUT2D eigenvalue weighted by atomic mass is 10.2. The topological polar surface area (TPSA) is 33.2 Å². The molecule has 2 aromatic rings. The van der Waals surface area contributed by atoms with E-state index in [9.17, 15) is 4.79 Å². The molecule has 0 atom stereocenters. The summed E-state index contributed by atoms with van der Waals surface area (Å²) in [6.07, 6.45) is 3.34. The molecule has 1 heterocycles. The van der Waals surface area contributed by atoms with E-state index >= 15 is 0 Å². The molecule has 0 N–H and O–H groups in total. The van der Waals surface area contributed by atoms with Gasteiger partial charge in [0.25, 0.3) is 5.91 Å². The lowest BCUT2D eigenvalue weighted by Crippen LogP contribution is -2.31. The van der Waals surface area contributed by atoms with E-state index in [0.29, 0.717) is 29.3 Å². The SMILES string of the molecule is C=CCN(CC=C)C(=O)c1cc(Cl)c2ccccc2n1. The number of halogens is 1. The first-order chi connectivity index (χ1) is 9.67. The smallest absolute Gasteiger partial charge is 0.273 e. The quantitative estimate of drug-likeness (QED) is 0.785. The van der Waals surface area contributed by atoms with Gasteiger partial charge in [-0.1, -0.05) is 42.0 Å². The maximum Gasteiger partial charge on any atom is 0.273 e. The van der Waals surface area contributed by atoms with Gasteiger partial charge in [-0.15, -0.1) is 13.2 Å². The third-order valence-electron chi connectivity index (χ3n) is 2.87. The van der Waals surface area contributed by atoms with Crippen LogP contribution in [0.15, 0.2) is 55.6 Å². The van der Waals surface area contributed by atoms with Gasteiger partial charge in [0.1, 0.15) is 5.69 Å². The molecule has 0 bridgehead atoms. The molecule has 0 aliphatic heterocycles. The number of para-hydroxylation sites is 1. The van der Waals surface area contributed by atoms with Crippen LogP contribution in [0.2, 0.25) is 5.02 Å². The van der Waals surface area contributed by atoms with Crippen LogP contribution in [0.1, 0.15) is 10.5 Å². The maximum absolute atomic E-state index is 12.4. The number of nitrogens with zero attached hydrogens (tertiary/aromatic N) is 2. The van der Waals surface area contributed by atoms with Crippen LogP contribution in [-0.2, 0) is 0 Å². The Morgan fingerprint density at radius 2 is 1.90 bits per heavy atom. The fourth-order valence-electron chi connectivity index (χ4n) is 1.96. The molecule has 0 saturated carbocycles. The zero-order valence-electron chi connectivity index (χ0n) is 11.1. The molecule has 0 aliphatic rings. The van der Waals surface area contributed by atoms with Gasteiger partial charge in [-0.25, -0.2) is 4.98 Å². The van der Waals surface area contributed by atoms with Gasteiger partial charge in [0.2, 0.25) is 0 Å². The monoisotopic (exact) mass is 286 g/mol. The van der Waals surface area contributed by atoms with Crippen LogP contribution >= 0.6 is 11.6 Å². The summed E-state index contributed by atoms with van der Waals surface area (Å²) in [5.41, 5.74) is 1.04. The highest BCUT2D eigenvalue weighted by Gasteiger charge is 2.16. The fourth-order valence-corrected chi connectivity index (χ4v) is 2.22. The number of hydrogen-bond donors (Lipinski definition) is 0. The van der Waals surface area contributed by atoms with Crippen molar-refractivity contribution in [3.05, 3.63) is 66.4 Å². The molecule has 4 heteroatoms. The predicted molar refractivity (Wildman–Crippen MR) is 83.1 cm³/mol. The number of pyridine rings is 1. The molecule has 0 fully saturated rings. The van der Waals surface area contributed by atoms with E-state index in [4.69, 9.17) is 11.6 Å². The molecular formula is C16H15ClN2O. The van der Waals surface area contributed by atoms with Gasteiger partial charge < -0.3 is 4.90 Å². The first-order valence-corrected chi connectivity index (χ1v) is 6.61. The molecule has 1 amide bonds. The van der Waals surface area contributed by atoms with Crippen LogP contribution in [0.5, 0.6) is 0 Å². The third-order valence-corrected chi connectivity index (χ3v) is 3.18. The van der Waals surface area contributed by atoms with Crippen LogP contribution in [-0.4, -0.2) is 28.9 Å². The molecule has 102 valence electrons. The van der Waals surface area contributed by atoms with E-state index in [0.717, 1.165) is 5.39 Å². The van der Waals surface area contributed by atoms with Crippen LogP contribution < -0.4 is 0 Å². The Balaban J connectivity index is 2.43. The highest BCUT2D eigenvalue weighted by Crippen LogP contribution is 2.23. The maximum atomic E-state index is 12.4. The van der Waals surface area contributed by atoms with Crippen molar-refractivity contribution in [1.82, 2.24) is 9.88 Å². The highest BCUT2D eigenvalue weighted by molar-refractivity contribution is 6.35. The van der Waals surface area contributed by atoms with Crippen molar-refractivity contribution >= 4 is 28.4 Å². The van der Waals surface area contributed by atoms with Crippen molar-refractivity contribution in [3.8, 4) is 0 Å². The largest absolute Gasteiger partial charge is 0.330 e. The summed E-state index contributed by atoms with van der Waals surface area (Å²) in [7, 11) is 0. The van der Waals surface area contributed by atoms with E-state index in [1.807, 2.05) is 24.3 Å². The van der Waals surface area contributed by atoms with Crippen LogP contribution in [0.4, 0.5) is 0 Å². The summed E-state index contributed by atoms with van der Waals surface area (Å²) in [5, 5.41) is 1.36. The van der Waals surface area contributed by atoms with E-state index in [2.05, 4.69) is 18.1 Å². The minimum Gasteiger partial charge on any atom is -0.330 e. The molecule has 0 aliphatic carbocycles. The normalized spacial score (nSPS) is 10.2. The van der Waals surface area contributed by atoms with Crippen LogP contribution in [0.25, 0.3) is 10.9 Å². The predicted octanol–water partition coefficient (Wildman–Crippen LogP) is 3.70. The summed E-state index contributed by atoms with van der Waals surface area (Å²) in [6.45, 7) is 8.19. The number of fused-ring (bicyclic) bond motifs is 1. The minimum atomic E-state index is -0.183. The number of aromatic nitrogens is 1. The number of benzene rings is 1. The van der Waals surface area contributed by atoms with Gasteiger partial charge in [-0.2, -0.15) is 0 Å². The molecule has 0 unspecified atom stereocenters. The summed E-state index contributed by atoms with van der Waals surface area (Å²) < 4.78 is 0. The molecule has 0 saturated heterocycles. The summed E-state index contributed by atoms with van der Waals surface area (Å²) >= 11 is 6.21. The van der Waals surface area contributed by atoms with Crippen LogP contribution in [0, 0.1) is 0 Å². The molecule has 1 aromatic heterocycles. The van der Waals surface area contributed by atoms with Gasteiger partial charge in [0.15, 0.2) is 0 Å². The van der Waals surface area contributed by atoms with Crippen molar-refractivity contribution in [1.29, 1.82) is 0 Å². The minimum absolute atomic E-state index is 0.183. The molecular weight excluding hydrogens is 272 g/mol. The van der Waals surface area contributed by atoms with Crippen molar-refractivity contribution in [2.24, 2.45) is 0 Å². The Labute approximate surface area is 123 Å². The number of carbonyl (C=O) groups is 1. The van der Waals surface area contributed by atoms with E-state index in [1.54, 1.807) is 23.1 Å². The number of carbonyl (C=O) groups excluding carboxylic acids is 1. The average molecular weight is 287 g/mol. The lowest BCUT2D eigenvalue weighted by Gasteiger charge is -2.19. The van der Waals surface area contributed by atoms with Crippen molar-refractivity contribution < 1.29 is 4.79 Å².